The van der Waals surface area contributed by atoms with E-state index in [1.807, 2.05) is 13.8 Å². The van der Waals surface area contributed by atoms with Crippen LogP contribution in [0.4, 0.5) is 15.8 Å². The van der Waals surface area contributed by atoms with Crippen LogP contribution in [0.5, 0.6) is 0 Å². The molecule has 1 unspecified atom stereocenters. The molecule has 2 N–H and O–H groups in total. The highest BCUT2D eigenvalue weighted by Crippen LogP contribution is 2.39. The summed E-state index contributed by atoms with van der Waals surface area (Å²) in [5, 5.41) is 2.81. The second kappa shape index (κ2) is 6.15. The molecule has 3 rings (SSSR count). The number of benzene rings is 2. The van der Waals surface area contributed by atoms with E-state index in [2.05, 4.69) is 10.0 Å². The molecule has 0 aromatic heterocycles. The average molecular weight is 362 g/mol. The van der Waals surface area contributed by atoms with Gasteiger partial charge in [0.05, 0.1) is 10.8 Å². The lowest BCUT2D eigenvalue weighted by Gasteiger charge is -2.14. The van der Waals surface area contributed by atoms with Gasteiger partial charge in [-0.2, -0.15) is 0 Å². The summed E-state index contributed by atoms with van der Waals surface area (Å²) in [7, 11) is -3.84. The Morgan fingerprint density at radius 2 is 1.88 bits per heavy atom. The van der Waals surface area contributed by atoms with E-state index in [0.717, 1.165) is 11.6 Å². The van der Waals surface area contributed by atoms with E-state index < -0.39 is 15.8 Å². The van der Waals surface area contributed by atoms with Crippen LogP contribution in [-0.4, -0.2) is 14.3 Å². The van der Waals surface area contributed by atoms with Crippen LogP contribution in [0.2, 0.25) is 0 Å². The SMILES string of the molecule is Cc1cc(S(=O)(=O)Nc2ccc3c(c2)C(C(C)C)C(=O)N3)ccc1F. The first-order valence-electron chi connectivity index (χ1n) is 7.93. The second-order valence-corrected chi connectivity index (χ2v) is 8.21. The molecule has 0 bridgehead atoms. The van der Waals surface area contributed by atoms with Gasteiger partial charge in [0.1, 0.15) is 5.82 Å². The minimum atomic E-state index is -3.84. The van der Waals surface area contributed by atoms with E-state index in [1.165, 1.54) is 19.1 Å². The summed E-state index contributed by atoms with van der Waals surface area (Å²) in [4.78, 5) is 12.1. The molecule has 1 aliphatic heterocycles. The fourth-order valence-corrected chi connectivity index (χ4v) is 4.14. The minimum absolute atomic E-state index is 0.0125. The van der Waals surface area contributed by atoms with Gasteiger partial charge in [-0.25, -0.2) is 12.8 Å². The molecule has 132 valence electrons. The van der Waals surface area contributed by atoms with Crippen molar-refractivity contribution in [1.82, 2.24) is 0 Å². The van der Waals surface area contributed by atoms with Gasteiger partial charge in [-0.3, -0.25) is 9.52 Å². The molecule has 25 heavy (non-hydrogen) atoms. The molecule has 0 saturated heterocycles. The van der Waals surface area contributed by atoms with Crippen molar-refractivity contribution in [2.24, 2.45) is 5.92 Å². The van der Waals surface area contributed by atoms with Crippen molar-refractivity contribution < 1.29 is 17.6 Å². The fraction of sp³-hybridized carbons (Fsp3) is 0.278. The molecule has 0 aliphatic carbocycles. The lowest BCUT2D eigenvalue weighted by Crippen LogP contribution is -2.17. The molecule has 0 spiro atoms. The van der Waals surface area contributed by atoms with Crippen molar-refractivity contribution in [3.05, 3.63) is 53.3 Å². The standard InChI is InChI=1S/C18H19FN2O3S/c1-10(2)17-14-9-12(4-7-16(14)20-18(17)22)21-25(23,24)13-5-6-15(19)11(3)8-13/h4-10,17,21H,1-3H3,(H,20,22). The Hall–Kier alpha value is -2.41. The lowest BCUT2D eigenvalue weighted by molar-refractivity contribution is -0.117. The predicted molar refractivity (Wildman–Crippen MR) is 94.6 cm³/mol. The molecule has 2 aromatic carbocycles. The first-order chi connectivity index (χ1) is 11.7. The Morgan fingerprint density at radius 1 is 1.16 bits per heavy atom. The summed E-state index contributed by atoms with van der Waals surface area (Å²) in [5.41, 5.74) is 2.09. The highest BCUT2D eigenvalue weighted by atomic mass is 32.2. The van der Waals surface area contributed by atoms with Gasteiger partial charge in [-0.1, -0.05) is 13.8 Å². The lowest BCUT2D eigenvalue weighted by atomic mass is 9.89. The number of halogens is 1. The summed E-state index contributed by atoms with van der Waals surface area (Å²) in [6.45, 7) is 5.39. The van der Waals surface area contributed by atoms with Crippen molar-refractivity contribution in [3.63, 3.8) is 0 Å². The third-order valence-corrected chi connectivity index (χ3v) is 5.66. The zero-order chi connectivity index (χ0) is 18.4. The number of hydrogen-bond donors (Lipinski definition) is 2. The molecule has 1 aliphatic rings. The number of fused-ring (bicyclic) bond motifs is 1. The maximum absolute atomic E-state index is 13.4. The van der Waals surface area contributed by atoms with E-state index >= 15 is 0 Å². The third-order valence-electron chi connectivity index (χ3n) is 4.29. The van der Waals surface area contributed by atoms with Crippen LogP contribution >= 0.6 is 0 Å². The minimum Gasteiger partial charge on any atom is -0.325 e. The zero-order valence-corrected chi connectivity index (χ0v) is 14.9. The zero-order valence-electron chi connectivity index (χ0n) is 14.1. The maximum atomic E-state index is 13.4. The number of nitrogens with one attached hydrogen (secondary N) is 2. The van der Waals surface area contributed by atoms with Gasteiger partial charge in [0.25, 0.3) is 10.0 Å². The normalized spacial score (nSPS) is 16.7. The molecule has 1 atom stereocenters. The Morgan fingerprint density at radius 3 is 2.52 bits per heavy atom. The van der Waals surface area contributed by atoms with E-state index in [-0.39, 0.29) is 28.2 Å². The smallest absolute Gasteiger partial charge is 0.261 e. The van der Waals surface area contributed by atoms with Crippen molar-refractivity contribution in [1.29, 1.82) is 0 Å². The molecule has 7 heteroatoms. The number of aryl methyl sites for hydroxylation is 1. The molecular weight excluding hydrogens is 343 g/mol. The third kappa shape index (κ3) is 3.24. The summed E-state index contributed by atoms with van der Waals surface area (Å²) in [6.07, 6.45) is 0. The van der Waals surface area contributed by atoms with Crippen molar-refractivity contribution >= 4 is 27.3 Å². The first kappa shape index (κ1) is 17.4. The number of sulfonamides is 1. The monoisotopic (exact) mass is 362 g/mol. The van der Waals surface area contributed by atoms with Crippen LogP contribution in [0.15, 0.2) is 41.3 Å². The first-order valence-corrected chi connectivity index (χ1v) is 9.41. The van der Waals surface area contributed by atoms with Crippen molar-refractivity contribution in [2.75, 3.05) is 10.0 Å². The van der Waals surface area contributed by atoms with Crippen LogP contribution in [0.25, 0.3) is 0 Å². The van der Waals surface area contributed by atoms with Crippen LogP contribution in [-0.2, 0) is 14.8 Å². The number of anilines is 2. The summed E-state index contributed by atoms with van der Waals surface area (Å²) in [5.74, 6) is -0.764. The largest absolute Gasteiger partial charge is 0.325 e. The second-order valence-electron chi connectivity index (χ2n) is 6.53. The molecule has 1 amide bonds. The maximum Gasteiger partial charge on any atom is 0.261 e. The molecule has 0 saturated carbocycles. The Labute approximate surface area is 146 Å². The van der Waals surface area contributed by atoms with Gasteiger partial charge in [0.2, 0.25) is 5.91 Å². The number of rotatable bonds is 4. The Bertz CT molecular complexity index is 955. The van der Waals surface area contributed by atoms with E-state index in [9.17, 15) is 17.6 Å². The molecule has 2 aromatic rings. The molecule has 1 heterocycles. The Balaban J connectivity index is 1.94. The number of hydrogen-bond acceptors (Lipinski definition) is 3. The summed E-state index contributed by atoms with van der Waals surface area (Å²) in [6, 6.07) is 8.59. The van der Waals surface area contributed by atoms with Crippen molar-refractivity contribution in [2.45, 2.75) is 31.6 Å². The predicted octanol–water partition coefficient (Wildman–Crippen LogP) is 3.63. The Kier molecular flexibility index (Phi) is 4.28. The topological polar surface area (TPSA) is 75.3 Å². The highest BCUT2D eigenvalue weighted by Gasteiger charge is 2.33. The van der Waals surface area contributed by atoms with E-state index in [1.54, 1.807) is 18.2 Å². The van der Waals surface area contributed by atoms with Crippen LogP contribution < -0.4 is 10.0 Å². The molecule has 0 radical (unpaired) electrons. The van der Waals surface area contributed by atoms with Crippen LogP contribution in [0.1, 0.15) is 30.9 Å². The van der Waals surface area contributed by atoms with Gasteiger partial charge in [0.15, 0.2) is 0 Å². The highest BCUT2D eigenvalue weighted by molar-refractivity contribution is 7.92. The quantitative estimate of drug-likeness (QED) is 0.872. The summed E-state index contributed by atoms with van der Waals surface area (Å²) < 4.78 is 40.9. The number of carbonyl (C=O) groups is 1. The van der Waals surface area contributed by atoms with Gasteiger partial charge in [-0.05, 0) is 60.4 Å². The molecule has 0 fully saturated rings. The van der Waals surface area contributed by atoms with Gasteiger partial charge < -0.3 is 5.32 Å². The fourth-order valence-electron chi connectivity index (χ4n) is 3.01. The number of amides is 1. The average Bonchev–Trinajstić information content (AvgIpc) is 2.84. The van der Waals surface area contributed by atoms with Gasteiger partial charge >= 0.3 is 0 Å². The van der Waals surface area contributed by atoms with E-state index in [4.69, 9.17) is 0 Å². The summed E-state index contributed by atoms with van der Waals surface area (Å²) >= 11 is 0. The van der Waals surface area contributed by atoms with E-state index in [0.29, 0.717) is 11.4 Å². The van der Waals surface area contributed by atoms with Gasteiger partial charge in [0, 0.05) is 11.4 Å². The molecule has 5 nitrogen and oxygen atoms in total. The van der Waals surface area contributed by atoms with Gasteiger partial charge in [-0.15, -0.1) is 0 Å². The van der Waals surface area contributed by atoms with Crippen LogP contribution in [0, 0.1) is 18.7 Å². The van der Waals surface area contributed by atoms with Crippen molar-refractivity contribution in [3.8, 4) is 0 Å². The number of carbonyl (C=O) groups excluding carboxylic acids is 1. The molecular formula is C18H19FN2O3S. The van der Waals surface area contributed by atoms with Crippen LogP contribution in [0.3, 0.4) is 0 Å².